The van der Waals surface area contributed by atoms with Gasteiger partial charge in [-0.25, -0.2) is 0 Å². The van der Waals surface area contributed by atoms with Gasteiger partial charge in [-0.3, -0.25) is 0 Å². The molecular weight excluding hydrogens is 146 g/mol. The molecule has 0 aliphatic rings. The fourth-order valence-corrected chi connectivity index (χ4v) is 1.58. The summed E-state index contributed by atoms with van der Waals surface area (Å²) in [7, 11) is 0. The Balaban J connectivity index is 2.88. The van der Waals surface area contributed by atoms with Crippen molar-refractivity contribution in [2.24, 2.45) is 0 Å². The van der Waals surface area contributed by atoms with Crippen LogP contribution in [0.4, 0.5) is 0 Å². The number of hydrogen-bond donors (Lipinski definition) is 1. The van der Waals surface area contributed by atoms with E-state index in [1.54, 1.807) is 0 Å². The van der Waals surface area contributed by atoms with Gasteiger partial charge in [-0.05, 0) is 38.5 Å². The lowest BCUT2D eigenvalue weighted by atomic mass is 10.1. The average molecular weight is 159 g/mol. The van der Waals surface area contributed by atoms with Crippen molar-refractivity contribution in [1.29, 1.82) is 0 Å². The maximum absolute atomic E-state index is 3.35. The van der Waals surface area contributed by atoms with E-state index in [0.717, 1.165) is 0 Å². The third-order valence-electron chi connectivity index (χ3n) is 2.46. The summed E-state index contributed by atoms with van der Waals surface area (Å²) in [5.41, 5.74) is 5.21. The van der Waals surface area contributed by atoms with Gasteiger partial charge in [-0.15, -0.1) is 0 Å². The lowest BCUT2D eigenvalue weighted by Gasteiger charge is -1.93. The maximum Gasteiger partial charge on any atom is 0.0458 e. The molecule has 62 valence electrons. The molecule has 2 aromatic rings. The monoisotopic (exact) mass is 159 g/mol. The molecule has 0 fully saturated rings. The number of aromatic nitrogens is 1. The Bertz CT molecular complexity index is 424. The molecule has 1 aromatic heterocycles. The van der Waals surface area contributed by atoms with Crippen molar-refractivity contribution in [2.75, 3.05) is 0 Å². The van der Waals surface area contributed by atoms with Gasteiger partial charge >= 0.3 is 0 Å². The molecule has 0 saturated heterocycles. The van der Waals surface area contributed by atoms with Gasteiger partial charge in [-0.1, -0.05) is 11.6 Å². The highest BCUT2D eigenvalue weighted by Gasteiger charge is 2.02. The third kappa shape index (κ3) is 0.934. The number of nitrogens with one attached hydrogen (secondary N) is 1. The van der Waals surface area contributed by atoms with E-state index in [4.69, 9.17) is 0 Å². The minimum Gasteiger partial charge on any atom is -0.358 e. The van der Waals surface area contributed by atoms with Crippen LogP contribution in [0.5, 0.6) is 0 Å². The first-order valence-electron chi connectivity index (χ1n) is 4.24. The topological polar surface area (TPSA) is 15.8 Å². The van der Waals surface area contributed by atoms with Crippen LogP contribution in [0.25, 0.3) is 10.9 Å². The highest BCUT2D eigenvalue weighted by atomic mass is 14.7. The number of H-pyrrole nitrogens is 1. The summed E-state index contributed by atoms with van der Waals surface area (Å²) in [6, 6.07) is 6.51. The Morgan fingerprint density at radius 2 is 1.83 bits per heavy atom. The van der Waals surface area contributed by atoms with E-state index >= 15 is 0 Å². The summed E-state index contributed by atoms with van der Waals surface area (Å²) >= 11 is 0. The molecule has 0 saturated carbocycles. The first-order chi connectivity index (χ1) is 5.68. The van der Waals surface area contributed by atoms with E-state index in [1.807, 2.05) is 0 Å². The van der Waals surface area contributed by atoms with Crippen molar-refractivity contribution in [2.45, 2.75) is 20.8 Å². The van der Waals surface area contributed by atoms with Gasteiger partial charge in [-0.2, -0.15) is 0 Å². The first kappa shape index (κ1) is 7.41. The Hall–Kier alpha value is -1.24. The Morgan fingerprint density at radius 3 is 2.58 bits per heavy atom. The minimum absolute atomic E-state index is 1.25. The van der Waals surface area contributed by atoms with E-state index in [1.165, 1.54) is 27.7 Å². The lowest BCUT2D eigenvalue weighted by molar-refractivity contribution is 1.25. The van der Waals surface area contributed by atoms with Gasteiger partial charge in [0.1, 0.15) is 0 Å². The molecule has 12 heavy (non-hydrogen) atoms. The summed E-state index contributed by atoms with van der Waals surface area (Å²) in [4.78, 5) is 3.35. The fraction of sp³-hybridized carbons (Fsp3) is 0.273. The number of aryl methyl sites for hydroxylation is 3. The van der Waals surface area contributed by atoms with Crippen molar-refractivity contribution in [3.8, 4) is 0 Å². The summed E-state index contributed by atoms with van der Waals surface area (Å²) in [5, 5.41) is 1.35. The molecule has 1 N–H and O–H groups in total. The molecule has 0 aliphatic heterocycles. The largest absolute Gasteiger partial charge is 0.358 e. The third-order valence-corrected chi connectivity index (χ3v) is 2.46. The number of rotatable bonds is 0. The number of hydrogen-bond acceptors (Lipinski definition) is 0. The predicted octanol–water partition coefficient (Wildman–Crippen LogP) is 3.09. The van der Waals surface area contributed by atoms with Crippen molar-refractivity contribution in [3.05, 3.63) is 35.0 Å². The van der Waals surface area contributed by atoms with Crippen LogP contribution >= 0.6 is 0 Å². The second-order valence-electron chi connectivity index (χ2n) is 3.42. The van der Waals surface area contributed by atoms with Crippen LogP contribution in [0, 0.1) is 20.8 Å². The Kier molecular flexibility index (Phi) is 1.47. The van der Waals surface area contributed by atoms with Crippen LogP contribution in [0.1, 0.15) is 16.8 Å². The summed E-state index contributed by atoms with van der Waals surface area (Å²) < 4.78 is 0. The molecule has 0 spiro atoms. The highest BCUT2D eigenvalue weighted by Crippen LogP contribution is 2.21. The van der Waals surface area contributed by atoms with Gasteiger partial charge in [0.2, 0.25) is 0 Å². The molecule has 0 amide bonds. The van der Waals surface area contributed by atoms with Crippen LogP contribution in [-0.4, -0.2) is 4.98 Å². The molecule has 2 rings (SSSR count). The van der Waals surface area contributed by atoms with Crippen molar-refractivity contribution in [1.82, 2.24) is 4.98 Å². The van der Waals surface area contributed by atoms with Gasteiger partial charge in [0.15, 0.2) is 0 Å². The Morgan fingerprint density at radius 1 is 1.08 bits per heavy atom. The molecule has 1 aromatic carbocycles. The van der Waals surface area contributed by atoms with E-state index in [0.29, 0.717) is 0 Å². The van der Waals surface area contributed by atoms with E-state index in [9.17, 15) is 0 Å². The summed E-state index contributed by atoms with van der Waals surface area (Å²) in [6.07, 6.45) is 0. The lowest BCUT2D eigenvalue weighted by Crippen LogP contribution is -1.72. The smallest absolute Gasteiger partial charge is 0.0458 e. The zero-order valence-electron chi connectivity index (χ0n) is 7.73. The summed E-state index contributed by atoms with van der Waals surface area (Å²) in [5.74, 6) is 0. The SMILES string of the molecule is Cc1ccc2[nH]c(C)c(C)c2c1. The normalized spacial score (nSPS) is 10.9. The number of benzene rings is 1. The molecule has 0 unspecified atom stereocenters. The maximum atomic E-state index is 3.35. The van der Waals surface area contributed by atoms with Crippen molar-refractivity contribution < 1.29 is 0 Å². The van der Waals surface area contributed by atoms with Gasteiger partial charge in [0.05, 0.1) is 0 Å². The number of aromatic amines is 1. The summed E-state index contributed by atoms with van der Waals surface area (Å²) in [6.45, 7) is 6.40. The molecule has 0 atom stereocenters. The van der Waals surface area contributed by atoms with E-state index < -0.39 is 0 Å². The molecule has 1 heteroatoms. The molecular formula is C11H13N. The molecule has 1 nitrogen and oxygen atoms in total. The minimum atomic E-state index is 1.25. The average Bonchev–Trinajstić information content (AvgIpc) is 2.31. The zero-order valence-corrected chi connectivity index (χ0v) is 7.73. The van der Waals surface area contributed by atoms with Crippen LogP contribution in [-0.2, 0) is 0 Å². The van der Waals surface area contributed by atoms with Crippen molar-refractivity contribution >= 4 is 10.9 Å². The molecule has 0 aliphatic carbocycles. The van der Waals surface area contributed by atoms with Crippen LogP contribution in [0.2, 0.25) is 0 Å². The second kappa shape index (κ2) is 2.37. The van der Waals surface area contributed by atoms with Crippen molar-refractivity contribution in [3.63, 3.8) is 0 Å². The molecule has 0 bridgehead atoms. The van der Waals surface area contributed by atoms with Gasteiger partial charge < -0.3 is 4.98 Å². The number of fused-ring (bicyclic) bond motifs is 1. The van der Waals surface area contributed by atoms with Gasteiger partial charge in [0.25, 0.3) is 0 Å². The molecule has 1 heterocycles. The molecule has 0 radical (unpaired) electrons. The standard InChI is InChI=1S/C11H13N/c1-7-4-5-11-10(6-7)8(2)9(3)12-11/h4-6,12H,1-3H3. The predicted molar refractivity (Wildman–Crippen MR) is 52.5 cm³/mol. The highest BCUT2D eigenvalue weighted by molar-refractivity contribution is 5.84. The van der Waals surface area contributed by atoms with Crippen LogP contribution in [0.3, 0.4) is 0 Å². The second-order valence-corrected chi connectivity index (χ2v) is 3.42. The van der Waals surface area contributed by atoms with Crippen LogP contribution < -0.4 is 0 Å². The fourth-order valence-electron chi connectivity index (χ4n) is 1.58. The Labute approximate surface area is 72.4 Å². The van der Waals surface area contributed by atoms with E-state index in [2.05, 4.69) is 44.0 Å². The van der Waals surface area contributed by atoms with E-state index in [-0.39, 0.29) is 0 Å². The zero-order chi connectivity index (χ0) is 8.72. The van der Waals surface area contributed by atoms with Gasteiger partial charge in [0, 0.05) is 16.6 Å². The first-order valence-corrected chi connectivity index (χ1v) is 4.24. The van der Waals surface area contributed by atoms with Crippen LogP contribution in [0.15, 0.2) is 18.2 Å². The quantitative estimate of drug-likeness (QED) is 0.608.